The first kappa shape index (κ1) is 7.92. The largest absolute Gasteiger partial charge is 0.494 e. The van der Waals surface area contributed by atoms with Crippen molar-refractivity contribution in [3.05, 3.63) is 36.9 Å². The Bertz CT molecular complexity index is 194. The van der Waals surface area contributed by atoms with E-state index in [1.165, 1.54) is 0 Å². The third-order valence-electron chi connectivity index (χ3n) is 1.48. The minimum atomic E-state index is 0.726. The Labute approximate surface area is 67.5 Å². The third kappa shape index (κ3) is 2.15. The number of hydrogen-bond acceptors (Lipinski definition) is 2. The van der Waals surface area contributed by atoms with Crippen molar-refractivity contribution in [3.63, 3.8) is 0 Å². The summed E-state index contributed by atoms with van der Waals surface area (Å²) in [5, 5.41) is 0. The summed E-state index contributed by atoms with van der Waals surface area (Å²) in [6.07, 6.45) is 7.72. The molecule has 1 rings (SSSR count). The van der Waals surface area contributed by atoms with Gasteiger partial charge in [0.15, 0.2) is 0 Å². The maximum atomic E-state index is 5.29. The molecule has 0 aromatic heterocycles. The van der Waals surface area contributed by atoms with E-state index in [9.17, 15) is 0 Å². The monoisotopic (exact) mass is 151 g/mol. The Morgan fingerprint density at radius 2 is 2.64 bits per heavy atom. The molecule has 0 amide bonds. The standard InChI is InChI=1S/C9H13NO/c1-3-10-7-5-9(6-8-10)11-4-2/h3,5-7H,1,4,8H2,2H3. The molecule has 0 saturated carbocycles. The van der Waals surface area contributed by atoms with Crippen LogP contribution in [0.1, 0.15) is 6.92 Å². The van der Waals surface area contributed by atoms with E-state index < -0.39 is 0 Å². The van der Waals surface area contributed by atoms with Gasteiger partial charge in [0.1, 0.15) is 5.76 Å². The van der Waals surface area contributed by atoms with Gasteiger partial charge in [-0.2, -0.15) is 0 Å². The zero-order valence-electron chi connectivity index (χ0n) is 6.79. The minimum Gasteiger partial charge on any atom is -0.494 e. The fraction of sp³-hybridized carbons (Fsp3) is 0.333. The van der Waals surface area contributed by atoms with Crippen LogP contribution in [0.15, 0.2) is 36.9 Å². The van der Waals surface area contributed by atoms with E-state index >= 15 is 0 Å². The third-order valence-corrected chi connectivity index (χ3v) is 1.48. The molecular weight excluding hydrogens is 138 g/mol. The van der Waals surface area contributed by atoms with Crippen LogP contribution in [0.3, 0.4) is 0 Å². The maximum Gasteiger partial charge on any atom is 0.118 e. The molecule has 0 saturated heterocycles. The van der Waals surface area contributed by atoms with Crippen LogP contribution in [-0.2, 0) is 4.74 Å². The summed E-state index contributed by atoms with van der Waals surface area (Å²) in [5.41, 5.74) is 0. The molecule has 0 aromatic rings. The van der Waals surface area contributed by atoms with Gasteiger partial charge < -0.3 is 9.64 Å². The van der Waals surface area contributed by atoms with Crippen LogP contribution >= 0.6 is 0 Å². The van der Waals surface area contributed by atoms with E-state index in [2.05, 4.69) is 6.58 Å². The molecule has 1 aliphatic heterocycles. The second-order valence-electron chi connectivity index (χ2n) is 2.23. The topological polar surface area (TPSA) is 12.5 Å². The first-order chi connectivity index (χ1) is 5.36. The Morgan fingerprint density at radius 3 is 3.09 bits per heavy atom. The van der Waals surface area contributed by atoms with Gasteiger partial charge in [0.25, 0.3) is 0 Å². The van der Waals surface area contributed by atoms with Crippen LogP contribution in [-0.4, -0.2) is 18.1 Å². The van der Waals surface area contributed by atoms with Crippen molar-refractivity contribution in [2.24, 2.45) is 0 Å². The average molecular weight is 151 g/mol. The van der Waals surface area contributed by atoms with E-state index in [1.807, 2.05) is 30.2 Å². The highest BCUT2D eigenvalue weighted by atomic mass is 16.5. The Balaban J connectivity index is 2.45. The first-order valence-electron chi connectivity index (χ1n) is 3.76. The van der Waals surface area contributed by atoms with Crippen LogP contribution in [0, 0.1) is 0 Å². The van der Waals surface area contributed by atoms with Crippen molar-refractivity contribution in [3.8, 4) is 0 Å². The highest BCUT2D eigenvalue weighted by Crippen LogP contribution is 2.07. The quantitative estimate of drug-likeness (QED) is 0.610. The second kappa shape index (κ2) is 3.86. The van der Waals surface area contributed by atoms with E-state index in [4.69, 9.17) is 4.74 Å². The maximum absolute atomic E-state index is 5.29. The average Bonchev–Trinajstić information content (AvgIpc) is 2.07. The molecule has 0 atom stereocenters. The molecule has 11 heavy (non-hydrogen) atoms. The Morgan fingerprint density at radius 1 is 1.82 bits per heavy atom. The van der Waals surface area contributed by atoms with E-state index in [0.29, 0.717) is 0 Å². The summed E-state index contributed by atoms with van der Waals surface area (Å²) < 4.78 is 5.29. The van der Waals surface area contributed by atoms with Crippen LogP contribution in [0.5, 0.6) is 0 Å². The van der Waals surface area contributed by atoms with Crippen LogP contribution in [0.25, 0.3) is 0 Å². The summed E-state index contributed by atoms with van der Waals surface area (Å²) in [6.45, 7) is 7.22. The van der Waals surface area contributed by atoms with Crippen molar-refractivity contribution >= 4 is 0 Å². The molecule has 0 N–H and O–H groups in total. The molecule has 0 fully saturated rings. The minimum absolute atomic E-state index is 0.726. The molecule has 0 spiro atoms. The molecule has 0 aromatic carbocycles. The summed E-state index contributed by atoms with van der Waals surface area (Å²) in [7, 11) is 0. The van der Waals surface area contributed by atoms with Crippen LogP contribution < -0.4 is 0 Å². The predicted molar refractivity (Wildman–Crippen MR) is 45.8 cm³/mol. The molecule has 1 heterocycles. The number of rotatable bonds is 3. The summed E-state index contributed by atoms with van der Waals surface area (Å²) >= 11 is 0. The lowest BCUT2D eigenvalue weighted by Crippen LogP contribution is -2.12. The SMILES string of the molecule is C=CN1C=CC(OCC)=CC1. The zero-order chi connectivity index (χ0) is 8.10. The van der Waals surface area contributed by atoms with Gasteiger partial charge in [-0.15, -0.1) is 0 Å². The normalized spacial score (nSPS) is 16.1. The van der Waals surface area contributed by atoms with E-state index in [0.717, 1.165) is 18.9 Å². The van der Waals surface area contributed by atoms with Gasteiger partial charge in [-0.25, -0.2) is 0 Å². The van der Waals surface area contributed by atoms with Crippen LogP contribution in [0.4, 0.5) is 0 Å². The molecule has 1 aliphatic rings. The van der Waals surface area contributed by atoms with Crippen molar-refractivity contribution < 1.29 is 4.74 Å². The van der Waals surface area contributed by atoms with E-state index in [1.54, 1.807) is 6.20 Å². The summed E-state index contributed by atoms with van der Waals surface area (Å²) in [5.74, 6) is 0.950. The van der Waals surface area contributed by atoms with Crippen molar-refractivity contribution in [2.75, 3.05) is 13.2 Å². The van der Waals surface area contributed by atoms with Gasteiger partial charge in [0.2, 0.25) is 0 Å². The van der Waals surface area contributed by atoms with Crippen LogP contribution in [0.2, 0.25) is 0 Å². The zero-order valence-corrected chi connectivity index (χ0v) is 6.79. The predicted octanol–water partition coefficient (Wildman–Crippen LogP) is 1.88. The van der Waals surface area contributed by atoms with Crippen molar-refractivity contribution in [1.29, 1.82) is 0 Å². The smallest absolute Gasteiger partial charge is 0.118 e. The molecular formula is C9H13NO. The summed E-state index contributed by atoms with van der Waals surface area (Å²) in [4.78, 5) is 1.99. The Hall–Kier alpha value is -1.18. The highest BCUT2D eigenvalue weighted by molar-refractivity contribution is 5.17. The highest BCUT2D eigenvalue weighted by Gasteiger charge is 2.00. The van der Waals surface area contributed by atoms with E-state index in [-0.39, 0.29) is 0 Å². The number of ether oxygens (including phenoxy) is 1. The lowest BCUT2D eigenvalue weighted by Gasteiger charge is -2.17. The van der Waals surface area contributed by atoms with Gasteiger partial charge in [-0.3, -0.25) is 0 Å². The fourth-order valence-electron chi connectivity index (χ4n) is 0.903. The van der Waals surface area contributed by atoms with Gasteiger partial charge in [-0.1, -0.05) is 6.58 Å². The second-order valence-corrected chi connectivity index (χ2v) is 2.23. The molecule has 60 valence electrons. The number of allylic oxidation sites excluding steroid dienone is 1. The number of hydrogen-bond donors (Lipinski definition) is 0. The lowest BCUT2D eigenvalue weighted by atomic mass is 10.3. The molecule has 2 heteroatoms. The molecule has 0 aliphatic carbocycles. The summed E-state index contributed by atoms with van der Waals surface area (Å²) in [6, 6.07) is 0. The first-order valence-corrected chi connectivity index (χ1v) is 3.76. The number of nitrogens with zero attached hydrogens (tertiary/aromatic N) is 1. The van der Waals surface area contributed by atoms with Gasteiger partial charge in [-0.05, 0) is 25.3 Å². The van der Waals surface area contributed by atoms with Crippen molar-refractivity contribution in [2.45, 2.75) is 6.92 Å². The molecule has 2 nitrogen and oxygen atoms in total. The van der Waals surface area contributed by atoms with Crippen molar-refractivity contribution in [1.82, 2.24) is 4.90 Å². The fourth-order valence-corrected chi connectivity index (χ4v) is 0.903. The molecule has 0 radical (unpaired) electrons. The van der Waals surface area contributed by atoms with Gasteiger partial charge in [0.05, 0.1) is 6.61 Å². The Kier molecular flexibility index (Phi) is 2.78. The van der Waals surface area contributed by atoms with Gasteiger partial charge in [0, 0.05) is 12.7 Å². The lowest BCUT2D eigenvalue weighted by molar-refractivity contribution is 0.237. The van der Waals surface area contributed by atoms with Gasteiger partial charge >= 0.3 is 0 Å². The molecule has 0 unspecified atom stereocenters. The molecule has 0 bridgehead atoms.